The van der Waals surface area contributed by atoms with Gasteiger partial charge in [-0.15, -0.1) is 11.3 Å². The van der Waals surface area contributed by atoms with Crippen LogP contribution in [0.25, 0.3) is 0 Å². The first-order valence-corrected chi connectivity index (χ1v) is 10.4. The van der Waals surface area contributed by atoms with Gasteiger partial charge in [-0.1, -0.05) is 34.6 Å². The van der Waals surface area contributed by atoms with Gasteiger partial charge in [-0.2, -0.15) is 0 Å². The van der Waals surface area contributed by atoms with Gasteiger partial charge in [0.1, 0.15) is 0 Å². The molecule has 1 unspecified atom stereocenters. The van der Waals surface area contributed by atoms with Crippen molar-refractivity contribution < 1.29 is 4.74 Å². The van der Waals surface area contributed by atoms with Crippen molar-refractivity contribution in [3.63, 3.8) is 0 Å². The van der Waals surface area contributed by atoms with Gasteiger partial charge in [-0.3, -0.25) is 9.89 Å². The zero-order chi connectivity index (χ0) is 19.2. The minimum absolute atomic E-state index is 0.100. The average molecular weight is 382 g/mol. The molecule has 1 aliphatic heterocycles. The first kappa shape index (κ1) is 21.1. The van der Waals surface area contributed by atoms with Gasteiger partial charge in [0, 0.05) is 44.0 Å². The summed E-state index contributed by atoms with van der Waals surface area (Å²) in [5.74, 6) is 1.48. The maximum atomic E-state index is 5.89. The van der Waals surface area contributed by atoms with Gasteiger partial charge in [-0.25, -0.2) is 4.98 Å². The van der Waals surface area contributed by atoms with Crippen LogP contribution >= 0.6 is 11.3 Å². The average Bonchev–Trinajstić information content (AvgIpc) is 3.04. The van der Waals surface area contributed by atoms with E-state index in [4.69, 9.17) is 9.72 Å². The van der Waals surface area contributed by atoms with E-state index in [-0.39, 0.29) is 11.5 Å². The monoisotopic (exact) mass is 381 g/mol. The Labute approximate surface area is 162 Å². The summed E-state index contributed by atoms with van der Waals surface area (Å²) in [6.45, 7) is 16.5. The molecule has 1 aromatic heterocycles. The lowest BCUT2D eigenvalue weighted by molar-refractivity contribution is -0.0284. The lowest BCUT2D eigenvalue weighted by Crippen LogP contribution is -2.50. The van der Waals surface area contributed by atoms with Crippen molar-refractivity contribution in [1.29, 1.82) is 0 Å². The molecule has 2 heterocycles. The summed E-state index contributed by atoms with van der Waals surface area (Å²) in [4.78, 5) is 11.5. The third kappa shape index (κ3) is 6.85. The molecule has 1 fully saturated rings. The zero-order valence-corrected chi connectivity index (χ0v) is 17.9. The minimum Gasteiger partial charge on any atom is -0.374 e. The number of nitrogens with zero attached hydrogens (tertiary/aromatic N) is 3. The number of aromatic nitrogens is 1. The second-order valence-corrected chi connectivity index (χ2v) is 9.20. The highest BCUT2D eigenvalue weighted by Crippen LogP contribution is 2.25. The Kier molecular flexibility index (Phi) is 7.85. The Morgan fingerprint density at radius 2 is 2.19 bits per heavy atom. The minimum atomic E-state index is 0.100. The van der Waals surface area contributed by atoms with Crippen LogP contribution in [0.1, 0.15) is 45.3 Å². The Morgan fingerprint density at radius 3 is 2.81 bits per heavy atom. The highest BCUT2D eigenvalue weighted by molar-refractivity contribution is 7.09. The Balaban J connectivity index is 1.76. The number of aliphatic imine (C=N–C) groups is 1. The van der Waals surface area contributed by atoms with E-state index in [1.165, 1.54) is 0 Å². The predicted octanol–water partition coefficient (Wildman–Crippen LogP) is 2.46. The van der Waals surface area contributed by atoms with Crippen LogP contribution in [0, 0.1) is 5.92 Å². The van der Waals surface area contributed by atoms with Crippen molar-refractivity contribution in [2.24, 2.45) is 10.9 Å². The van der Waals surface area contributed by atoms with Crippen LogP contribution in [0.2, 0.25) is 0 Å². The van der Waals surface area contributed by atoms with Gasteiger partial charge in [0.2, 0.25) is 0 Å². The lowest BCUT2D eigenvalue weighted by atomic mass is 9.98. The Morgan fingerprint density at radius 1 is 1.42 bits per heavy atom. The number of ether oxygens (including phenoxy) is 1. The molecule has 0 amide bonds. The molecule has 1 saturated heterocycles. The molecule has 0 radical (unpaired) electrons. The molecule has 26 heavy (non-hydrogen) atoms. The maximum Gasteiger partial charge on any atom is 0.191 e. The van der Waals surface area contributed by atoms with E-state index in [1.54, 1.807) is 18.4 Å². The number of hydrogen-bond acceptors (Lipinski definition) is 5. The van der Waals surface area contributed by atoms with Crippen LogP contribution in [-0.2, 0) is 16.7 Å². The van der Waals surface area contributed by atoms with Crippen LogP contribution in [0.4, 0.5) is 0 Å². The van der Waals surface area contributed by atoms with Crippen molar-refractivity contribution in [1.82, 2.24) is 20.5 Å². The number of thiazole rings is 1. The number of nitrogens with one attached hydrogen (secondary N) is 2. The largest absolute Gasteiger partial charge is 0.374 e. The molecule has 2 rings (SSSR count). The van der Waals surface area contributed by atoms with Crippen molar-refractivity contribution >= 4 is 17.3 Å². The SMILES string of the molecule is CN=C(NCc1csc(C(C)(C)C)n1)NCC1CN(CC(C)C)CCO1. The van der Waals surface area contributed by atoms with E-state index in [2.05, 4.69) is 60.5 Å². The lowest BCUT2D eigenvalue weighted by Gasteiger charge is -2.34. The molecule has 148 valence electrons. The van der Waals surface area contributed by atoms with Gasteiger partial charge in [-0.05, 0) is 5.92 Å². The van der Waals surface area contributed by atoms with Crippen LogP contribution < -0.4 is 10.6 Å². The molecule has 2 N–H and O–H groups in total. The number of hydrogen-bond donors (Lipinski definition) is 2. The van der Waals surface area contributed by atoms with Gasteiger partial charge in [0.25, 0.3) is 0 Å². The van der Waals surface area contributed by atoms with E-state index in [0.29, 0.717) is 12.5 Å². The molecule has 0 saturated carbocycles. The number of guanidine groups is 1. The van der Waals surface area contributed by atoms with E-state index in [0.717, 1.165) is 49.4 Å². The third-order valence-corrected chi connectivity index (χ3v) is 5.51. The highest BCUT2D eigenvalue weighted by Gasteiger charge is 2.21. The van der Waals surface area contributed by atoms with Crippen LogP contribution in [0.5, 0.6) is 0 Å². The summed E-state index contributed by atoms with van der Waals surface area (Å²) in [6.07, 6.45) is 0.202. The van der Waals surface area contributed by atoms with Crippen molar-refractivity contribution in [3.05, 3.63) is 16.1 Å². The van der Waals surface area contributed by atoms with Gasteiger partial charge >= 0.3 is 0 Å². The van der Waals surface area contributed by atoms with Gasteiger partial charge in [0.15, 0.2) is 5.96 Å². The summed E-state index contributed by atoms with van der Waals surface area (Å²) in [5, 5.41) is 10.0. The molecule has 0 spiro atoms. The van der Waals surface area contributed by atoms with E-state index in [9.17, 15) is 0 Å². The van der Waals surface area contributed by atoms with Crippen LogP contribution in [-0.4, -0.2) is 61.8 Å². The summed E-state index contributed by atoms with van der Waals surface area (Å²) < 4.78 is 5.89. The van der Waals surface area contributed by atoms with Crippen LogP contribution in [0.15, 0.2) is 10.4 Å². The normalized spacial score (nSPS) is 19.8. The first-order chi connectivity index (χ1) is 12.3. The maximum absolute atomic E-state index is 5.89. The number of morpholine rings is 1. The van der Waals surface area contributed by atoms with Crippen LogP contribution in [0.3, 0.4) is 0 Å². The predicted molar refractivity (Wildman–Crippen MR) is 110 cm³/mol. The summed E-state index contributed by atoms with van der Waals surface area (Å²) in [5.41, 5.74) is 1.16. The van der Waals surface area contributed by atoms with Gasteiger partial charge in [0.05, 0.1) is 30.0 Å². The quantitative estimate of drug-likeness (QED) is 0.585. The smallest absolute Gasteiger partial charge is 0.191 e. The van der Waals surface area contributed by atoms with E-state index < -0.39 is 0 Å². The molecule has 7 heteroatoms. The van der Waals surface area contributed by atoms with Gasteiger partial charge < -0.3 is 15.4 Å². The third-order valence-electron chi connectivity index (χ3n) is 4.20. The fraction of sp³-hybridized carbons (Fsp3) is 0.789. The Bertz CT molecular complexity index is 579. The van der Waals surface area contributed by atoms with Crippen molar-refractivity contribution in [2.45, 2.75) is 52.7 Å². The van der Waals surface area contributed by atoms with Crippen molar-refractivity contribution in [2.75, 3.05) is 39.8 Å². The zero-order valence-electron chi connectivity index (χ0n) is 17.1. The molecule has 0 aliphatic carbocycles. The summed E-state index contributed by atoms with van der Waals surface area (Å²) >= 11 is 1.72. The second-order valence-electron chi connectivity index (χ2n) is 8.35. The van der Waals surface area contributed by atoms with Crippen molar-refractivity contribution in [3.8, 4) is 0 Å². The van der Waals surface area contributed by atoms with E-state index >= 15 is 0 Å². The molecule has 6 nitrogen and oxygen atoms in total. The standard InChI is InChI=1S/C19H35N5OS/c1-14(2)11-24-7-8-25-16(12-24)10-22-18(20-6)21-9-15-13-26-17(23-15)19(3,4)5/h13-14,16H,7-12H2,1-6H3,(H2,20,21,22). The summed E-state index contributed by atoms with van der Waals surface area (Å²) in [7, 11) is 1.80. The molecule has 1 aromatic rings. The fourth-order valence-electron chi connectivity index (χ4n) is 2.92. The molecule has 1 atom stereocenters. The topological polar surface area (TPSA) is 61.8 Å². The molecule has 1 aliphatic rings. The number of rotatable bonds is 6. The summed E-state index contributed by atoms with van der Waals surface area (Å²) in [6, 6.07) is 0. The molecule has 0 bridgehead atoms. The fourth-order valence-corrected chi connectivity index (χ4v) is 3.83. The first-order valence-electron chi connectivity index (χ1n) is 9.51. The highest BCUT2D eigenvalue weighted by atomic mass is 32.1. The molecule has 0 aromatic carbocycles. The molecular weight excluding hydrogens is 346 g/mol. The molecular formula is C19H35N5OS. The van der Waals surface area contributed by atoms with E-state index in [1.807, 2.05) is 0 Å². The second kappa shape index (κ2) is 9.67. The Hall–Kier alpha value is -1.18.